The first-order chi connectivity index (χ1) is 11.6. The van der Waals surface area contributed by atoms with Crippen molar-refractivity contribution in [3.63, 3.8) is 0 Å². The molecule has 4 heteroatoms. The lowest BCUT2D eigenvalue weighted by atomic mass is 9.93. The first kappa shape index (κ1) is 15.1. The summed E-state index contributed by atoms with van der Waals surface area (Å²) in [4.78, 5) is 14.5. The lowest BCUT2D eigenvalue weighted by Crippen LogP contribution is -2.45. The first-order valence-electron chi connectivity index (χ1n) is 7.60. The van der Waals surface area contributed by atoms with Crippen LogP contribution in [0, 0.1) is 0 Å². The zero-order valence-corrected chi connectivity index (χ0v) is 14.3. The van der Waals surface area contributed by atoms with E-state index in [9.17, 15) is 9.90 Å². The molecule has 24 heavy (non-hydrogen) atoms. The fourth-order valence-electron chi connectivity index (χ4n) is 3.21. The molecule has 0 spiro atoms. The van der Waals surface area contributed by atoms with Crippen LogP contribution in [0.4, 0.5) is 5.69 Å². The fraction of sp³-hybridized carbons (Fsp3) is 0.0500. The summed E-state index contributed by atoms with van der Waals surface area (Å²) in [6, 6.07) is 23.8. The third-order valence-electron chi connectivity index (χ3n) is 4.32. The number of halogens is 1. The summed E-state index contributed by atoms with van der Waals surface area (Å²) in [6.07, 6.45) is 0. The minimum Gasteiger partial charge on any atom is -0.363 e. The molecule has 1 N–H and O–H groups in total. The lowest BCUT2D eigenvalue weighted by Gasteiger charge is -2.34. The van der Waals surface area contributed by atoms with Gasteiger partial charge in [0.15, 0.2) is 5.72 Å². The van der Waals surface area contributed by atoms with Crippen molar-refractivity contribution in [2.75, 3.05) is 4.90 Å². The Kier molecular flexibility index (Phi) is 3.52. The van der Waals surface area contributed by atoms with Gasteiger partial charge in [0.05, 0.1) is 0 Å². The largest absolute Gasteiger partial charge is 0.363 e. The monoisotopic (exact) mass is 379 g/mol. The summed E-state index contributed by atoms with van der Waals surface area (Å²) in [5, 5.41) is 11.7. The SMILES string of the molecule is O=C1c2ccccc2C(O)(c2ccc(Br)cc2)N1c1ccccc1. The van der Waals surface area contributed by atoms with Crippen LogP contribution >= 0.6 is 15.9 Å². The van der Waals surface area contributed by atoms with Gasteiger partial charge in [-0.25, -0.2) is 0 Å². The molecular weight excluding hydrogens is 366 g/mol. The van der Waals surface area contributed by atoms with E-state index in [0.29, 0.717) is 22.4 Å². The second-order valence-corrected chi connectivity index (χ2v) is 6.62. The predicted molar refractivity (Wildman–Crippen MR) is 96.8 cm³/mol. The van der Waals surface area contributed by atoms with Gasteiger partial charge >= 0.3 is 0 Å². The quantitative estimate of drug-likeness (QED) is 0.720. The molecule has 0 saturated carbocycles. The number of aliphatic hydroxyl groups is 1. The van der Waals surface area contributed by atoms with Gasteiger partial charge in [-0.3, -0.25) is 9.69 Å². The number of rotatable bonds is 2. The minimum absolute atomic E-state index is 0.206. The number of carbonyl (C=O) groups excluding carboxylic acids is 1. The third-order valence-corrected chi connectivity index (χ3v) is 4.85. The van der Waals surface area contributed by atoms with E-state index >= 15 is 0 Å². The van der Waals surface area contributed by atoms with Crippen LogP contribution in [0.1, 0.15) is 21.5 Å². The van der Waals surface area contributed by atoms with E-state index in [0.717, 1.165) is 4.47 Å². The standard InChI is InChI=1S/C20H14BrNO2/c21-15-12-10-14(11-13-15)20(24)18-9-5-4-8-17(18)19(23)22(20)16-6-2-1-3-7-16/h1-13,24H. The highest BCUT2D eigenvalue weighted by atomic mass is 79.9. The molecule has 0 radical (unpaired) electrons. The van der Waals surface area contributed by atoms with E-state index in [1.54, 1.807) is 12.1 Å². The Bertz CT molecular complexity index is 908. The van der Waals surface area contributed by atoms with Gasteiger partial charge in [-0.15, -0.1) is 0 Å². The summed E-state index contributed by atoms with van der Waals surface area (Å²) >= 11 is 3.41. The van der Waals surface area contributed by atoms with Crippen molar-refractivity contribution in [1.29, 1.82) is 0 Å². The van der Waals surface area contributed by atoms with E-state index in [2.05, 4.69) is 15.9 Å². The van der Waals surface area contributed by atoms with Crippen molar-refractivity contribution in [1.82, 2.24) is 0 Å². The molecular formula is C20H14BrNO2. The molecule has 1 aliphatic heterocycles. The maximum atomic E-state index is 13.0. The zero-order chi connectivity index (χ0) is 16.7. The molecule has 1 unspecified atom stereocenters. The van der Waals surface area contributed by atoms with E-state index in [1.165, 1.54) is 4.90 Å². The first-order valence-corrected chi connectivity index (χ1v) is 8.39. The van der Waals surface area contributed by atoms with Gasteiger partial charge in [0.2, 0.25) is 0 Å². The van der Waals surface area contributed by atoms with Gasteiger partial charge < -0.3 is 5.11 Å². The molecule has 3 aromatic carbocycles. The molecule has 1 aliphatic rings. The normalized spacial score (nSPS) is 19.4. The number of benzene rings is 3. The topological polar surface area (TPSA) is 40.5 Å². The van der Waals surface area contributed by atoms with Crippen molar-refractivity contribution in [2.45, 2.75) is 5.72 Å². The predicted octanol–water partition coefficient (Wildman–Crippen LogP) is 4.30. The molecule has 0 fully saturated rings. The van der Waals surface area contributed by atoms with E-state index in [4.69, 9.17) is 0 Å². The van der Waals surface area contributed by atoms with Crippen molar-refractivity contribution < 1.29 is 9.90 Å². The lowest BCUT2D eigenvalue weighted by molar-refractivity contribution is 0.0703. The Morgan fingerprint density at radius 2 is 1.46 bits per heavy atom. The van der Waals surface area contributed by atoms with Gasteiger partial charge in [-0.2, -0.15) is 0 Å². The van der Waals surface area contributed by atoms with E-state index < -0.39 is 5.72 Å². The Hall–Kier alpha value is -2.43. The van der Waals surface area contributed by atoms with Crippen LogP contribution in [-0.4, -0.2) is 11.0 Å². The van der Waals surface area contributed by atoms with Crippen molar-refractivity contribution in [2.24, 2.45) is 0 Å². The van der Waals surface area contributed by atoms with Crippen LogP contribution in [-0.2, 0) is 5.72 Å². The van der Waals surface area contributed by atoms with Crippen LogP contribution in [0.3, 0.4) is 0 Å². The number of amides is 1. The Morgan fingerprint density at radius 1 is 0.833 bits per heavy atom. The minimum atomic E-state index is -1.53. The average molecular weight is 380 g/mol. The molecule has 3 nitrogen and oxygen atoms in total. The summed E-state index contributed by atoms with van der Waals surface area (Å²) in [5.74, 6) is -0.206. The number of nitrogens with zero attached hydrogens (tertiary/aromatic N) is 1. The van der Waals surface area contributed by atoms with Crippen molar-refractivity contribution in [3.8, 4) is 0 Å². The zero-order valence-electron chi connectivity index (χ0n) is 12.7. The third kappa shape index (κ3) is 2.11. The van der Waals surface area contributed by atoms with Gasteiger partial charge in [-0.05, 0) is 30.3 Å². The Labute approximate surface area is 148 Å². The molecule has 118 valence electrons. The van der Waals surface area contributed by atoms with Crippen molar-refractivity contribution in [3.05, 3.63) is 100 Å². The highest BCUT2D eigenvalue weighted by molar-refractivity contribution is 9.10. The van der Waals surface area contributed by atoms with Crippen LogP contribution in [0.25, 0.3) is 0 Å². The molecule has 3 aromatic rings. The molecule has 1 amide bonds. The van der Waals surface area contributed by atoms with Crippen LogP contribution in [0.15, 0.2) is 83.3 Å². The number of carbonyl (C=O) groups is 1. The second-order valence-electron chi connectivity index (χ2n) is 5.70. The highest BCUT2D eigenvalue weighted by Gasteiger charge is 2.50. The van der Waals surface area contributed by atoms with Crippen LogP contribution in [0.2, 0.25) is 0 Å². The smallest absolute Gasteiger partial charge is 0.261 e. The molecule has 4 rings (SSSR count). The summed E-state index contributed by atoms with van der Waals surface area (Å²) in [6.45, 7) is 0. The summed E-state index contributed by atoms with van der Waals surface area (Å²) in [5.41, 5.74) is 0.889. The van der Waals surface area contributed by atoms with Gasteiger partial charge in [-0.1, -0.05) is 64.5 Å². The molecule has 1 heterocycles. The second kappa shape index (κ2) is 5.58. The fourth-order valence-corrected chi connectivity index (χ4v) is 3.47. The summed E-state index contributed by atoms with van der Waals surface area (Å²) < 4.78 is 0.915. The van der Waals surface area contributed by atoms with E-state index in [1.807, 2.05) is 66.7 Å². The molecule has 0 aliphatic carbocycles. The van der Waals surface area contributed by atoms with Gasteiger partial charge in [0.25, 0.3) is 5.91 Å². The number of hydrogen-bond acceptors (Lipinski definition) is 2. The number of para-hydroxylation sites is 1. The summed E-state index contributed by atoms with van der Waals surface area (Å²) in [7, 11) is 0. The van der Waals surface area contributed by atoms with Crippen molar-refractivity contribution >= 4 is 27.5 Å². The van der Waals surface area contributed by atoms with Gasteiger partial charge in [0.1, 0.15) is 0 Å². The number of anilines is 1. The average Bonchev–Trinajstić information content (AvgIpc) is 2.85. The highest BCUT2D eigenvalue weighted by Crippen LogP contribution is 2.44. The maximum absolute atomic E-state index is 13.0. The Morgan fingerprint density at radius 3 is 2.17 bits per heavy atom. The maximum Gasteiger partial charge on any atom is 0.261 e. The van der Waals surface area contributed by atoms with E-state index in [-0.39, 0.29) is 5.91 Å². The molecule has 1 atom stereocenters. The van der Waals surface area contributed by atoms with Crippen LogP contribution in [0.5, 0.6) is 0 Å². The van der Waals surface area contributed by atoms with Gasteiger partial charge in [0, 0.05) is 26.9 Å². The van der Waals surface area contributed by atoms with Crippen LogP contribution < -0.4 is 4.90 Å². The molecule has 0 bridgehead atoms. The molecule has 0 saturated heterocycles. The Balaban J connectivity index is 1.99. The molecule has 0 aromatic heterocycles. The number of fused-ring (bicyclic) bond motifs is 1. The number of hydrogen-bond donors (Lipinski definition) is 1.